The van der Waals surface area contributed by atoms with Crippen LogP contribution < -0.4 is 10.4 Å². The predicted octanol–water partition coefficient (Wildman–Crippen LogP) is 3.19. The molecule has 31 heavy (non-hydrogen) atoms. The van der Waals surface area contributed by atoms with Crippen LogP contribution in [0.1, 0.15) is 41.0 Å². The fourth-order valence-corrected chi connectivity index (χ4v) is 9.44. The van der Waals surface area contributed by atoms with E-state index in [9.17, 15) is 5.11 Å². The fourth-order valence-electron chi connectivity index (χ4n) is 4.86. The van der Waals surface area contributed by atoms with Gasteiger partial charge in [0.15, 0.2) is 12.1 Å². The maximum atomic E-state index is 11.0. The van der Waals surface area contributed by atoms with Crippen molar-refractivity contribution in [2.45, 2.75) is 76.5 Å². The number of fused-ring (bicyclic) bond motifs is 1. The predicted molar refractivity (Wildman–Crippen MR) is 123 cm³/mol. The third-order valence-electron chi connectivity index (χ3n) is 6.23. The SMILES string of the molecule is CC1(C)O[C@H]2O[C@H]([C@H](O)CO[Si](c3ccccc3)(c3ccccc3)C(C)(C)C)C[C@H]2O1. The summed E-state index contributed by atoms with van der Waals surface area (Å²) in [4.78, 5) is 0. The van der Waals surface area contributed by atoms with Crippen molar-refractivity contribution in [3.63, 3.8) is 0 Å². The Morgan fingerprint density at radius 2 is 1.55 bits per heavy atom. The first-order valence-corrected chi connectivity index (χ1v) is 13.0. The van der Waals surface area contributed by atoms with Gasteiger partial charge in [0, 0.05) is 6.42 Å². The normalized spacial score (nSPS) is 26.6. The van der Waals surface area contributed by atoms with Crippen LogP contribution >= 0.6 is 0 Å². The molecule has 0 amide bonds. The van der Waals surface area contributed by atoms with Crippen molar-refractivity contribution in [2.75, 3.05) is 6.61 Å². The van der Waals surface area contributed by atoms with Crippen molar-refractivity contribution in [3.05, 3.63) is 60.7 Å². The van der Waals surface area contributed by atoms with Gasteiger partial charge in [0.05, 0.1) is 12.7 Å². The van der Waals surface area contributed by atoms with E-state index in [0.717, 1.165) is 0 Å². The Morgan fingerprint density at radius 3 is 2.03 bits per heavy atom. The molecule has 0 saturated carbocycles. The summed E-state index contributed by atoms with van der Waals surface area (Å²) < 4.78 is 24.5. The van der Waals surface area contributed by atoms with E-state index in [1.807, 2.05) is 26.0 Å². The lowest BCUT2D eigenvalue weighted by molar-refractivity contribution is -0.215. The molecule has 4 atom stereocenters. The van der Waals surface area contributed by atoms with E-state index < -0.39 is 26.5 Å². The van der Waals surface area contributed by atoms with E-state index >= 15 is 0 Å². The molecule has 4 rings (SSSR count). The summed E-state index contributed by atoms with van der Waals surface area (Å²) in [5.74, 6) is -0.642. The molecule has 2 aromatic carbocycles. The number of aliphatic hydroxyl groups excluding tert-OH is 1. The van der Waals surface area contributed by atoms with Crippen LogP contribution in [0.4, 0.5) is 0 Å². The smallest absolute Gasteiger partial charge is 0.261 e. The van der Waals surface area contributed by atoms with Gasteiger partial charge in [0.25, 0.3) is 8.32 Å². The average Bonchev–Trinajstić information content (AvgIpc) is 3.22. The van der Waals surface area contributed by atoms with Crippen molar-refractivity contribution in [2.24, 2.45) is 0 Å². The number of hydrogen-bond donors (Lipinski definition) is 1. The number of ether oxygens (including phenoxy) is 3. The second-order valence-corrected chi connectivity index (χ2v) is 14.3. The highest BCUT2D eigenvalue weighted by Gasteiger charge is 2.53. The topological polar surface area (TPSA) is 57.2 Å². The lowest BCUT2D eigenvalue weighted by Gasteiger charge is -2.43. The van der Waals surface area contributed by atoms with Crippen LogP contribution in [0.5, 0.6) is 0 Å². The monoisotopic (exact) mass is 442 g/mol. The Kier molecular flexibility index (Phi) is 6.16. The quantitative estimate of drug-likeness (QED) is 0.697. The van der Waals surface area contributed by atoms with Crippen LogP contribution in [0, 0.1) is 0 Å². The van der Waals surface area contributed by atoms with E-state index in [4.69, 9.17) is 18.6 Å². The maximum Gasteiger partial charge on any atom is 0.261 e. The summed E-state index contributed by atoms with van der Waals surface area (Å²) in [5, 5.41) is 13.3. The molecule has 168 valence electrons. The van der Waals surface area contributed by atoms with Crippen LogP contribution in [0.2, 0.25) is 5.04 Å². The van der Waals surface area contributed by atoms with Gasteiger partial charge in [0.1, 0.15) is 12.2 Å². The molecule has 2 aliphatic rings. The molecule has 0 radical (unpaired) electrons. The van der Waals surface area contributed by atoms with Crippen LogP contribution in [0.25, 0.3) is 0 Å². The second kappa shape index (κ2) is 8.43. The van der Waals surface area contributed by atoms with E-state index in [1.165, 1.54) is 10.4 Å². The molecular weight excluding hydrogens is 408 g/mol. The number of benzene rings is 2. The molecule has 2 heterocycles. The highest BCUT2D eigenvalue weighted by molar-refractivity contribution is 6.99. The minimum absolute atomic E-state index is 0.140. The molecule has 5 nitrogen and oxygen atoms in total. The Morgan fingerprint density at radius 1 is 1.00 bits per heavy atom. The Balaban J connectivity index is 1.58. The van der Waals surface area contributed by atoms with E-state index in [1.54, 1.807) is 0 Å². The van der Waals surface area contributed by atoms with Gasteiger partial charge < -0.3 is 23.7 Å². The van der Waals surface area contributed by atoms with Gasteiger partial charge in [-0.3, -0.25) is 0 Å². The molecule has 1 N–H and O–H groups in total. The average molecular weight is 443 g/mol. The third-order valence-corrected chi connectivity index (χ3v) is 11.2. The second-order valence-electron chi connectivity index (χ2n) is 9.99. The molecule has 2 saturated heterocycles. The van der Waals surface area contributed by atoms with Gasteiger partial charge >= 0.3 is 0 Å². The summed E-state index contributed by atoms with van der Waals surface area (Å²) >= 11 is 0. The molecule has 6 heteroatoms. The molecule has 0 unspecified atom stereocenters. The molecule has 2 fully saturated rings. The lowest BCUT2D eigenvalue weighted by Crippen LogP contribution is -2.67. The standard InChI is InChI=1S/C25H34O5Si/c1-24(2,3)31(18-12-8-6-9-13-18,19-14-10-7-11-15-19)27-17-20(26)21-16-22-23(28-21)30-25(4,5)29-22/h6-15,20-23,26H,16-17H2,1-5H3/t20-,21+,22-,23-/m1/s1. The molecular formula is C25H34O5Si. The zero-order valence-electron chi connectivity index (χ0n) is 19.1. The van der Waals surface area contributed by atoms with Crippen molar-refractivity contribution >= 4 is 18.7 Å². The summed E-state index contributed by atoms with van der Waals surface area (Å²) in [6.07, 6.45) is -1.11. The number of hydrogen-bond acceptors (Lipinski definition) is 5. The molecule has 0 spiro atoms. The summed E-state index contributed by atoms with van der Waals surface area (Å²) in [5.41, 5.74) is 0. The first kappa shape index (κ1) is 22.6. The lowest BCUT2D eigenvalue weighted by atomic mass is 10.1. The van der Waals surface area contributed by atoms with E-state index in [0.29, 0.717) is 6.42 Å². The fraction of sp³-hybridized carbons (Fsp3) is 0.520. The van der Waals surface area contributed by atoms with E-state index in [-0.39, 0.29) is 23.9 Å². The number of aliphatic hydroxyl groups is 1. The van der Waals surface area contributed by atoms with Crippen LogP contribution in [-0.2, 0) is 18.6 Å². The van der Waals surface area contributed by atoms with Crippen LogP contribution in [-0.4, -0.2) is 50.4 Å². The van der Waals surface area contributed by atoms with Gasteiger partial charge in [-0.15, -0.1) is 0 Å². The largest absolute Gasteiger partial charge is 0.405 e. The zero-order chi connectivity index (χ0) is 22.3. The maximum absolute atomic E-state index is 11.0. The highest BCUT2D eigenvalue weighted by atomic mass is 28.4. The minimum Gasteiger partial charge on any atom is -0.405 e. The summed E-state index contributed by atoms with van der Waals surface area (Å²) in [6, 6.07) is 20.9. The first-order chi connectivity index (χ1) is 14.6. The Hall–Kier alpha value is -1.54. The third kappa shape index (κ3) is 4.38. The van der Waals surface area contributed by atoms with Gasteiger partial charge in [-0.1, -0.05) is 81.4 Å². The molecule has 0 bridgehead atoms. The van der Waals surface area contributed by atoms with Crippen molar-refractivity contribution in [1.82, 2.24) is 0 Å². The van der Waals surface area contributed by atoms with Crippen molar-refractivity contribution in [1.29, 1.82) is 0 Å². The van der Waals surface area contributed by atoms with Gasteiger partial charge in [0.2, 0.25) is 0 Å². The van der Waals surface area contributed by atoms with Gasteiger partial charge in [-0.05, 0) is 29.3 Å². The van der Waals surface area contributed by atoms with Crippen molar-refractivity contribution in [3.8, 4) is 0 Å². The molecule has 2 aromatic rings. The molecule has 0 aliphatic carbocycles. The van der Waals surface area contributed by atoms with Crippen LogP contribution in [0.15, 0.2) is 60.7 Å². The van der Waals surface area contributed by atoms with Gasteiger partial charge in [-0.25, -0.2) is 0 Å². The summed E-state index contributed by atoms with van der Waals surface area (Å²) in [7, 11) is -2.69. The minimum atomic E-state index is -2.69. The van der Waals surface area contributed by atoms with Crippen LogP contribution in [0.3, 0.4) is 0 Å². The zero-order valence-corrected chi connectivity index (χ0v) is 20.1. The first-order valence-electron chi connectivity index (χ1n) is 11.1. The molecule has 0 aromatic heterocycles. The summed E-state index contributed by atoms with van der Waals surface area (Å²) in [6.45, 7) is 10.6. The molecule has 2 aliphatic heterocycles. The van der Waals surface area contributed by atoms with Crippen molar-refractivity contribution < 1.29 is 23.7 Å². The van der Waals surface area contributed by atoms with E-state index in [2.05, 4.69) is 69.3 Å². The Labute approximate surface area is 186 Å². The Bertz CT molecular complexity index is 809. The number of rotatable bonds is 6. The van der Waals surface area contributed by atoms with Gasteiger partial charge in [-0.2, -0.15) is 0 Å². The highest BCUT2D eigenvalue weighted by Crippen LogP contribution is 2.39.